The van der Waals surface area contributed by atoms with E-state index in [1.54, 1.807) is 0 Å². The van der Waals surface area contributed by atoms with Gasteiger partial charge in [-0.2, -0.15) is 0 Å². The molecule has 0 unspecified atom stereocenters. The van der Waals surface area contributed by atoms with Gasteiger partial charge in [0.2, 0.25) is 0 Å². The molecule has 0 aromatic rings. The van der Waals surface area contributed by atoms with Crippen LogP contribution in [0.3, 0.4) is 0 Å². The quantitative estimate of drug-likeness (QED) is 0.616. The summed E-state index contributed by atoms with van der Waals surface area (Å²) in [4.78, 5) is 0. The van der Waals surface area contributed by atoms with Gasteiger partial charge in [-0.15, -0.1) is 37.2 Å². The summed E-state index contributed by atoms with van der Waals surface area (Å²) in [5.41, 5.74) is 0. The molecular weight excluding hydrogens is 258 g/mol. The third-order valence-corrected chi connectivity index (χ3v) is 0. The topological polar surface area (TPSA) is 0 Å². The second kappa shape index (κ2) is 18.0. The van der Waals surface area contributed by atoms with Crippen molar-refractivity contribution in [3.63, 3.8) is 0 Å². The van der Waals surface area contributed by atoms with Gasteiger partial charge in [0.25, 0.3) is 0 Å². The summed E-state index contributed by atoms with van der Waals surface area (Å²) in [6, 6.07) is 0. The summed E-state index contributed by atoms with van der Waals surface area (Å²) in [5.74, 6) is 0. The van der Waals surface area contributed by atoms with Crippen LogP contribution in [0.1, 0.15) is 0 Å². The first-order valence-corrected chi connectivity index (χ1v) is 0. The van der Waals surface area contributed by atoms with Gasteiger partial charge in [-0.05, 0) is 0 Å². The fourth-order valence-corrected chi connectivity index (χ4v) is 0. The molecule has 0 aliphatic heterocycles. The monoisotopic (exact) mass is 261 g/mol. The molecule has 1 radical (unpaired) electrons. The first-order chi connectivity index (χ1) is 0. The predicted octanol–water partition coefficient (Wildman–Crippen LogP) is 1.27. The van der Waals surface area contributed by atoms with Gasteiger partial charge in [0.05, 0.1) is 0 Å². The Morgan fingerprint density at radius 3 is 0.500 bits per heavy atom. The van der Waals surface area contributed by atoms with Crippen LogP contribution in [-0.4, -0.2) is 0 Å². The van der Waals surface area contributed by atoms with E-state index < -0.39 is 0 Å². The van der Waals surface area contributed by atoms with Crippen molar-refractivity contribution in [2.24, 2.45) is 0 Å². The fraction of sp³-hybridized carbons (Fsp3) is 0. The van der Waals surface area contributed by atoms with Crippen LogP contribution in [0.2, 0.25) is 0 Å². The molecule has 0 atom stereocenters. The Hall–Kier alpha value is 2.45. The summed E-state index contributed by atoms with van der Waals surface area (Å²) < 4.78 is 0. The smallest absolute Gasteiger partial charge is 0 e. The molecule has 0 bridgehead atoms. The van der Waals surface area contributed by atoms with Crippen molar-refractivity contribution in [2.75, 3.05) is 0 Å². The van der Waals surface area contributed by atoms with E-state index in [1.165, 1.54) is 0 Å². The van der Waals surface area contributed by atoms with Crippen LogP contribution in [0, 0.1) is 49.4 Å². The van der Waals surface area contributed by atoms with E-state index >= 15 is 0 Å². The Bertz CT molecular complexity index is 3.25. The van der Waals surface area contributed by atoms with Gasteiger partial charge < -0.3 is 0 Å². The van der Waals surface area contributed by atoms with Crippen LogP contribution in [0.15, 0.2) is 0 Å². The second-order valence-electron chi connectivity index (χ2n) is 0. The fourth-order valence-electron chi connectivity index (χ4n) is 0. The van der Waals surface area contributed by atoms with Gasteiger partial charge in [-0.3, -0.25) is 0 Å². The van der Waals surface area contributed by atoms with Gasteiger partial charge >= 0.3 is 0 Å². The molecule has 31 valence electrons. The normalized spacial score (nSPS) is 0. The molecule has 0 heterocycles. The minimum Gasteiger partial charge on any atom is -0.147 e. The summed E-state index contributed by atoms with van der Waals surface area (Å²) >= 11 is 0. The molecule has 0 nitrogen and oxygen atoms in total. The van der Waals surface area contributed by atoms with Crippen molar-refractivity contribution < 1.29 is 49.4 Å². The maximum Gasteiger partial charge on any atom is 0 e. The zero-order chi connectivity index (χ0) is 0. The van der Waals surface area contributed by atoms with E-state index in [0.29, 0.717) is 0 Å². The molecule has 0 rings (SSSR count). The summed E-state index contributed by atoms with van der Waals surface area (Å²) in [7, 11) is 0. The summed E-state index contributed by atoms with van der Waals surface area (Å²) in [6.07, 6.45) is 0. The van der Waals surface area contributed by atoms with Gasteiger partial charge in [-0.25, -0.2) is 0 Å². The Labute approximate surface area is 84.9 Å². The Morgan fingerprint density at radius 1 is 0.500 bits per heavy atom. The van der Waals surface area contributed by atoms with Crippen LogP contribution < -0.4 is 0 Å². The van der Waals surface area contributed by atoms with Crippen LogP contribution in [0.4, 0.5) is 0 Å². The molecule has 0 spiro atoms. The molecule has 0 aliphatic carbocycles. The Balaban J connectivity index is 0. The first kappa shape index (κ1) is 31.9. The number of halogens is 3. The predicted molar refractivity (Wildman–Crippen MR) is 21.7 cm³/mol. The van der Waals surface area contributed by atoms with Gasteiger partial charge in [0, 0.05) is 49.4 Å². The molecule has 0 aromatic heterocycles. The average Bonchev–Trinajstić information content (AvgIpc) is 0. The van der Waals surface area contributed by atoms with E-state index in [1.807, 2.05) is 0 Å². The van der Waals surface area contributed by atoms with Crippen molar-refractivity contribution in [1.29, 1.82) is 0 Å². The van der Waals surface area contributed by atoms with Crippen molar-refractivity contribution in [1.82, 2.24) is 0 Å². The maximum atomic E-state index is 0. The largest absolute Gasteiger partial charge is 0.147 e. The summed E-state index contributed by atoms with van der Waals surface area (Å²) in [6.45, 7) is 0. The number of hydrogen-bond donors (Lipinski definition) is 0. The molecule has 0 N–H and O–H groups in total. The molecule has 0 amide bonds. The van der Waals surface area contributed by atoms with Crippen molar-refractivity contribution >= 4 is 37.2 Å². The van der Waals surface area contributed by atoms with Crippen LogP contribution in [0.5, 0.6) is 0 Å². The molecule has 0 saturated carbocycles. The number of hydrogen-bond acceptors (Lipinski definition) is 0. The molecule has 4 heteroatoms. The SMILES string of the molecule is Cl.Cl.Cl.[Eu]. The standard InChI is InChI=1S/3ClH.Eu/h3*1H;. The third-order valence-electron chi connectivity index (χ3n) is 0. The first-order valence-electron chi connectivity index (χ1n) is 0. The van der Waals surface area contributed by atoms with E-state index in [4.69, 9.17) is 0 Å². The van der Waals surface area contributed by atoms with Crippen LogP contribution in [-0.2, 0) is 0 Å². The maximum absolute atomic E-state index is 0. The van der Waals surface area contributed by atoms with Crippen molar-refractivity contribution in [3.8, 4) is 0 Å². The molecular formula is H3Cl3Eu. The van der Waals surface area contributed by atoms with Crippen molar-refractivity contribution in [2.45, 2.75) is 0 Å². The van der Waals surface area contributed by atoms with Crippen LogP contribution >= 0.6 is 37.2 Å². The van der Waals surface area contributed by atoms with E-state index in [2.05, 4.69) is 0 Å². The van der Waals surface area contributed by atoms with Crippen LogP contribution in [0.25, 0.3) is 0 Å². The second-order valence-corrected chi connectivity index (χ2v) is 0. The summed E-state index contributed by atoms with van der Waals surface area (Å²) in [5, 5.41) is 0. The minimum atomic E-state index is 0. The minimum absolute atomic E-state index is 0. The Kier molecular flexibility index (Phi) is 143. The molecule has 0 aliphatic rings. The molecule has 0 fully saturated rings. The molecule has 0 saturated heterocycles. The van der Waals surface area contributed by atoms with Gasteiger partial charge in [0.15, 0.2) is 0 Å². The van der Waals surface area contributed by atoms with E-state index in [-0.39, 0.29) is 86.6 Å². The third kappa shape index (κ3) is 8.82. The zero-order valence-electron chi connectivity index (χ0n) is 1.60. The van der Waals surface area contributed by atoms with E-state index in [9.17, 15) is 0 Å². The van der Waals surface area contributed by atoms with Crippen molar-refractivity contribution in [3.05, 3.63) is 0 Å². The van der Waals surface area contributed by atoms with Gasteiger partial charge in [-0.1, -0.05) is 0 Å². The Morgan fingerprint density at radius 2 is 0.500 bits per heavy atom. The number of rotatable bonds is 0. The molecule has 0 aromatic carbocycles. The molecule has 4 heavy (non-hydrogen) atoms. The zero-order valence-corrected chi connectivity index (χ0v) is 6.48. The van der Waals surface area contributed by atoms with Gasteiger partial charge in [0.1, 0.15) is 0 Å². The van der Waals surface area contributed by atoms with E-state index in [0.717, 1.165) is 0 Å². The average molecular weight is 261 g/mol.